The summed E-state index contributed by atoms with van der Waals surface area (Å²) in [5.74, 6) is -0.319. The predicted octanol–water partition coefficient (Wildman–Crippen LogP) is 1.51. The van der Waals surface area contributed by atoms with Crippen molar-refractivity contribution in [3.63, 3.8) is 0 Å². The van der Waals surface area contributed by atoms with E-state index in [1.165, 1.54) is 10.6 Å². The number of hydrogen-bond donors (Lipinski definition) is 2. The van der Waals surface area contributed by atoms with Gasteiger partial charge in [-0.05, 0) is 32.4 Å². The summed E-state index contributed by atoms with van der Waals surface area (Å²) in [7, 11) is 0. The van der Waals surface area contributed by atoms with Crippen molar-refractivity contribution in [2.24, 2.45) is 5.73 Å². The summed E-state index contributed by atoms with van der Waals surface area (Å²) in [5, 5.41) is 0. The highest BCUT2D eigenvalue weighted by Gasteiger charge is 2.16. The molecule has 0 aliphatic carbocycles. The minimum absolute atomic E-state index is 0.261. The highest BCUT2D eigenvalue weighted by molar-refractivity contribution is 5.76. The lowest BCUT2D eigenvalue weighted by Crippen LogP contribution is -2.39. The van der Waals surface area contributed by atoms with Crippen LogP contribution >= 0.6 is 0 Å². The molecule has 2 rings (SSSR count). The third-order valence-corrected chi connectivity index (χ3v) is 2.62. The number of rotatable bonds is 2. The first kappa shape index (κ1) is 11.9. The van der Waals surface area contributed by atoms with Gasteiger partial charge in [-0.2, -0.15) is 0 Å². The number of hydrogen-bond acceptors (Lipinski definition) is 2. The molecule has 0 amide bonds. The van der Waals surface area contributed by atoms with E-state index in [0.717, 1.165) is 0 Å². The van der Waals surface area contributed by atoms with Crippen molar-refractivity contribution in [2.75, 3.05) is 0 Å². The van der Waals surface area contributed by atoms with Crippen LogP contribution in [-0.4, -0.2) is 15.1 Å². The van der Waals surface area contributed by atoms with Gasteiger partial charge in [0.1, 0.15) is 5.82 Å². The van der Waals surface area contributed by atoms with E-state index in [0.29, 0.717) is 23.1 Å². The van der Waals surface area contributed by atoms with Crippen molar-refractivity contribution in [2.45, 2.75) is 32.9 Å². The SMILES string of the molecule is Cc1cc2[nH]c(=O)n(CC(C)(C)N)c2cc1F. The number of benzene rings is 1. The van der Waals surface area contributed by atoms with E-state index in [1.807, 2.05) is 13.8 Å². The Balaban J connectivity index is 2.67. The van der Waals surface area contributed by atoms with Gasteiger partial charge in [-0.1, -0.05) is 0 Å². The van der Waals surface area contributed by atoms with Crippen LogP contribution in [0.1, 0.15) is 19.4 Å². The fourth-order valence-electron chi connectivity index (χ4n) is 1.85. The molecule has 2 aromatic rings. The van der Waals surface area contributed by atoms with E-state index in [1.54, 1.807) is 13.0 Å². The highest BCUT2D eigenvalue weighted by Crippen LogP contribution is 2.17. The lowest BCUT2D eigenvalue weighted by molar-refractivity contribution is 0.433. The van der Waals surface area contributed by atoms with Crippen molar-refractivity contribution in [3.05, 3.63) is 34.0 Å². The molecule has 0 aliphatic heterocycles. The Labute approximate surface area is 98.2 Å². The van der Waals surface area contributed by atoms with Crippen LogP contribution in [0.25, 0.3) is 11.0 Å². The number of nitrogens with one attached hydrogen (secondary N) is 1. The Morgan fingerprint density at radius 3 is 2.71 bits per heavy atom. The van der Waals surface area contributed by atoms with Crippen LogP contribution in [0.4, 0.5) is 4.39 Å². The molecule has 0 aliphatic rings. The van der Waals surface area contributed by atoms with Crippen LogP contribution in [0, 0.1) is 12.7 Å². The van der Waals surface area contributed by atoms with Gasteiger partial charge in [0.05, 0.1) is 11.0 Å². The summed E-state index contributed by atoms with van der Waals surface area (Å²) >= 11 is 0. The Hall–Kier alpha value is -1.62. The number of nitrogens with two attached hydrogens (primary N) is 1. The standard InChI is InChI=1S/C12H16FN3O/c1-7-4-9-10(5-8(7)13)16(11(17)15-9)6-12(2,3)14/h4-5H,6,14H2,1-3H3,(H,15,17). The lowest BCUT2D eigenvalue weighted by Gasteiger charge is -2.18. The molecule has 1 aromatic heterocycles. The smallest absolute Gasteiger partial charge is 0.324 e. The second-order valence-electron chi connectivity index (χ2n) is 5.12. The number of fused-ring (bicyclic) bond motifs is 1. The molecular formula is C12H16FN3O. The molecule has 1 aromatic carbocycles. The van der Waals surface area contributed by atoms with Gasteiger partial charge < -0.3 is 10.7 Å². The average Bonchev–Trinajstić information content (AvgIpc) is 2.43. The summed E-state index contributed by atoms with van der Waals surface area (Å²) in [6, 6.07) is 3.00. The van der Waals surface area contributed by atoms with Crippen LogP contribution in [-0.2, 0) is 6.54 Å². The Kier molecular flexibility index (Phi) is 2.58. The molecule has 0 fully saturated rings. The molecule has 0 spiro atoms. The number of aromatic nitrogens is 2. The Bertz CT molecular complexity index is 619. The third kappa shape index (κ3) is 2.24. The first-order valence-corrected chi connectivity index (χ1v) is 5.45. The first-order valence-electron chi connectivity index (χ1n) is 5.45. The summed E-state index contributed by atoms with van der Waals surface area (Å²) in [6.45, 7) is 5.65. The van der Waals surface area contributed by atoms with Crippen LogP contribution < -0.4 is 11.4 Å². The van der Waals surface area contributed by atoms with Gasteiger partial charge in [0.2, 0.25) is 0 Å². The molecule has 0 unspecified atom stereocenters. The second-order valence-corrected chi connectivity index (χ2v) is 5.12. The normalized spacial score (nSPS) is 12.3. The third-order valence-electron chi connectivity index (χ3n) is 2.62. The summed E-state index contributed by atoms with van der Waals surface area (Å²) in [4.78, 5) is 14.5. The number of H-pyrrole nitrogens is 1. The van der Waals surface area contributed by atoms with Crippen LogP contribution in [0.3, 0.4) is 0 Å². The van der Waals surface area contributed by atoms with Gasteiger partial charge in [0.15, 0.2) is 0 Å². The molecular weight excluding hydrogens is 221 g/mol. The van der Waals surface area contributed by atoms with E-state index in [2.05, 4.69) is 4.98 Å². The maximum absolute atomic E-state index is 13.5. The van der Waals surface area contributed by atoms with E-state index >= 15 is 0 Å². The van der Waals surface area contributed by atoms with E-state index in [-0.39, 0.29) is 11.5 Å². The molecule has 0 saturated heterocycles. The molecule has 4 nitrogen and oxygen atoms in total. The zero-order chi connectivity index (χ0) is 12.8. The number of nitrogens with zero attached hydrogens (tertiary/aromatic N) is 1. The number of aryl methyl sites for hydroxylation is 1. The quantitative estimate of drug-likeness (QED) is 0.831. The lowest BCUT2D eigenvalue weighted by atomic mass is 10.1. The minimum Gasteiger partial charge on any atom is -0.324 e. The largest absolute Gasteiger partial charge is 0.326 e. The monoisotopic (exact) mass is 237 g/mol. The first-order chi connectivity index (χ1) is 7.78. The maximum atomic E-state index is 13.5. The summed E-state index contributed by atoms with van der Waals surface area (Å²) in [5.41, 5.74) is 6.80. The summed E-state index contributed by atoms with van der Waals surface area (Å²) in [6.07, 6.45) is 0. The fourth-order valence-corrected chi connectivity index (χ4v) is 1.85. The zero-order valence-electron chi connectivity index (χ0n) is 10.2. The van der Waals surface area contributed by atoms with Crippen molar-refractivity contribution < 1.29 is 4.39 Å². The zero-order valence-corrected chi connectivity index (χ0v) is 10.2. The minimum atomic E-state index is -0.527. The van der Waals surface area contributed by atoms with E-state index in [9.17, 15) is 9.18 Å². The fraction of sp³-hybridized carbons (Fsp3) is 0.417. The molecule has 17 heavy (non-hydrogen) atoms. The Morgan fingerprint density at radius 2 is 2.12 bits per heavy atom. The second kappa shape index (κ2) is 3.70. The number of aromatic amines is 1. The maximum Gasteiger partial charge on any atom is 0.326 e. The van der Waals surface area contributed by atoms with Gasteiger partial charge in [0.25, 0.3) is 0 Å². The van der Waals surface area contributed by atoms with Crippen molar-refractivity contribution in [1.82, 2.24) is 9.55 Å². The predicted molar refractivity (Wildman–Crippen MR) is 65.5 cm³/mol. The molecule has 0 radical (unpaired) electrons. The van der Waals surface area contributed by atoms with Crippen molar-refractivity contribution in [1.29, 1.82) is 0 Å². The number of halogens is 1. The molecule has 5 heteroatoms. The van der Waals surface area contributed by atoms with Crippen LogP contribution in [0.5, 0.6) is 0 Å². The molecule has 0 bridgehead atoms. The summed E-state index contributed by atoms with van der Waals surface area (Å²) < 4.78 is 15.0. The van der Waals surface area contributed by atoms with Crippen LogP contribution in [0.15, 0.2) is 16.9 Å². The molecule has 0 atom stereocenters. The van der Waals surface area contributed by atoms with Gasteiger partial charge in [-0.25, -0.2) is 9.18 Å². The Morgan fingerprint density at radius 1 is 1.47 bits per heavy atom. The number of imidazole rings is 1. The van der Waals surface area contributed by atoms with Crippen LogP contribution in [0.2, 0.25) is 0 Å². The molecule has 92 valence electrons. The highest BCUT2D eigenvalue weighted by atomic mass is 19.1. The molecule has 3 N–H and O–H groups in total. The molecule has 1 heterocycles. The van der Waals surface area contributed by atoms with Gasteiger partial charge in [0, 0.05) is 18.2 Å². The van der Waals surface area contributed by atoms with Gasteiger partial charge in [-0.3, -0.25) is 4.57 Å². The van der Waals surface area contributed by atoms with Crippen molar-refractivity contribution >= 4 is 11.0 Å². The van der Waals surface area contributed by atoms with E-state index in [4.69, 9.17) is 5.73 Å². The van der Waals surface area contributed by atoms with Gasteiger partial charge >= 0.3 is 5.69 Å². The van der Waals surface area contributed by atoms with Crippen molar-refractivity contribution in [3.8, 4) is 0 Å². The average molecular weight is 237 g/mol. The molecule has 0 saturated carbocycles. The topological polar surface area (TPSA) is 63.8 Å². The van der Waals surface area contributed by atoms with Gasteiger partial charge in [-0.15, -0.1) is 0 Å². The van der Waals surface area contributed by atoms with E-state index < -0.39 is 5.54 Å².